The SMILES string of the molecule is CCNC(CN1CCCC1CN(C)C)C(=O)O. The Morgan fingerprint density at radius 2 is 2.29 bits per heavy atom. The predicted molar refractivity (Wildman–Crippen MR) is 68.2 cm³/mol. The summed E-state index contributed by atoms with van der Waals surface area (Å²) in [5.74, 6) is -0.748. The van der Waals surface area contributed by atoms with Crippen LogP contribution in [0.2, 0.25) is 0 Å². The molecule has 1 fully saturated rings. The van der Waals surface area contributed by atoms with Gasteiger partial charge in [0.25, 0.3) is 0 Å². The van der Waals surface area contributed by atoms with Gasteiger partial charge in [-0.1, -0.05) is 6.92 Å². The van der Waals surface area contributed by atoms with Gasteiger partial charge in [0.05, 0.1) is 0 Å². The van der Waals surface area contributed by atoms with Gasteiger partial charge in [-0.2, -0.15) is 0 Å². The smallest absolute Gasteiger partial charge is 0.322 e. The van der Waals surface area contributed by atoms with E-state index in [1.807, 2.05) is 6.92 Å². The number of likely N-dealkylation sites (tertiary alicyclic amines) is 1. The molecule has 1 heterocycles. The average Bonchev–Trinajstić information content (AvgIpc) is 2.64. The Labute approximate surface area is 104 Å². The molecule has 0 radical (unpaired) electrons. The van der Waals surface area contributed by atoms with Crippen molar-refractivity contribution in [3.8, 4) is 0 Å². The first-order valence-electron chi connectivity index (χ1n) is 6.39. The summed E-state index contributed by atoms with van der Waals surface area (Å²) in [5, 5.41) is 12.2. The molecule has 0 saturated carbocycles. The van der Waals surface area contributed by atoms with E-state index in [9.17, 15) is 4.79 Å². The molecular formula is C12H25N3O2. The molecule has 1 aliphatic rings. The Bertz CT molecular complexity index is 246. The number of carbonyl (C=O) groups is 1. The first-order valence-corrected chi connectivity index (χ1v) is 6.39. The molecule has 17 heavy (non-hydrogen) atoms. The van der Waals surface area contributed by atoms with Crippen molar-refractivity contribution in [1.29, 1.82) is 0 Å². The van der Waals surface area contributed by atoms with Crippen molar-refractivity contribution < 1.29 is 9.90 Å². The van der Waals surface area contributed by atoms with Crippen LogP contribution < -0.4 is 5.32 Å². The molecule has 5 heteroatoms. The third kappa shape index (κ3) is 4.61. The standard InChI is InChI=1S/C12H25N3O2/c1-4-13-11(12(16)17)9-15-7-5-6-10(15)8-14(2)3/h10-11,13H,4-9H2,1-3H3,(H,16,17). The maximum atomic E-state index is 11.1. The van der Waals surface area contributed by atoms with Crippen LogP contribution in [0.4, 0.5) is 0 Å². The van der Waals surface area contributed by atoms with Gasteiger partial charge in [-0.25, -0.2) is 0 Å². The molecule has 0 aliphatic carbocycles. The zero-order valence-corrected chi connectivity index (χ0v) is 11.1. The number of hydrogen-bond acceptors (Lipinski definition) is 4. The van der Waals surface area contributed by atoms with Crippen LogP contribution in [-0.2, 0) is 4.79 Å². The second-order valence-corrected chi connectivity index (χ2v) is 5.00. The number of carboxylic acids is 1. The van der Waals surface area contributed by atoms with Crippen LogP contribution in [0.15, 0.2) is 0 Å². The van der Waals surface area contributed by atoms with E-state index >= 15 is 0 Å². The topological polar surface area (TPSA) is 55.8 Å². The van der Waals surface area contributed by atoms with E-state index in [0.717, 1.165) is 13.1 Å². The minimum absolute atomic E-state index is 0.442. The van der Waals surface area contributed by atoms with E-state index in [1.54, 1.807) is 0 Å². The molecule has 5 nitrogen and oxygen atoms in total. The maximum Gasteiger partial charge on any atom is 0.322 e. The average molecular weight is 243 g/mol. The summed E-state index contributed by atoms with van der Waals surface area (Å²) in [6.07, 6.45) is 2.35. The fraction of sp³-hybridized carbons (Fsp3) is 0.917. The largest absolute Gasteiger partial charge is 0.480 e. The van der Waals surface area contributed by atoms with Gasteiger partial charge in [0, 0.05) is 19.1 Å². The molecule has 1 rings (SSSR count). The van der Waals surface area contributed by atoms with Crippen LogP contribution in [0.25, 0.3) is 0 Å². The van der Waals surface area contributed by atoms with Crippen molar-refractivity contribution in [3.05, 3.63) is 0 Å². The Hall–Kier alpha value is -0.650. The summed E-state index contributed by atoms with van der Waals surface area (Å²) < 4.78 is 0. The summed E-state index contributed by atoms with van der Waals surface area (Å²) in [6, 6.07) is 0.0632. The van der Waals surface area contributed by atoms with Crippen molar-refractivity contribution in [2.24, 2.45) is 0 Å². The van der Waals surface area contributed by atoms with Gasteiger partial charge in [0.1, 0.15) is 6.04 Å². The summed E-state index contributed by atoms with van der Waals surface area (Å²) in [6.45, 7) is 5.29. The molecule has 100 valence electrons. The van der Waals surface area contributed by atoms with Crippen LogP contribution in [0.3, 0.4) is 0 Å². The molecule has 1 aliphatic heterocycles. The molecule has 0 bridgehead atoms. The first-order chi connectivity index (χ1) is 8.04. The molecule has 0 spiro atoms. The lowest BCUT2D eigenvalue weighted by Crippen LogP contribution is -2.49. The van der Waals surface area contributed by atoms with E-state index in [0.29, 0.717) is 19.1 Å². The first kappa shape index (κ1) is 14.4. The summed E-state index contributed by atoms with van der Waals surface area (Å²) in [7, 11) is 4.13. The van der Waals surface area contributed by atoms with Crippen LogP contribution in [0.5, 0.6) is 0 Å². The molecular weight excluding hydrogens is 218 g/mol. The highest BCUT2D eigenvalue weighted by atomic mass is 16.4. The van der Waals surface area contributed by atoms with Crippen molar-refractivity contribution in [2.75, 3.05) is 40.3 Å². The highest BCUT2D eigenvalue weighted by Gasteiger charge is 2.29. The molecule has 2 N–H and O–H groups in total. The van der Waals surface area contributed by atoms with Gasteiger partial charge in [0.2, 0.25) is 0 Å². The number of nitrogens with zero attached hydrogens (tertiary/aromatic N) is 2. The highest BCUT2D eigenvalue weighted by molar-refractivity contribution is 5.73. The number of hydrogen-bond donors (Lipinski definition) is 2. The second-order valence-electron chi connectivity index (χ2n) is 5.00. The predicted octanol–water partition coefficient (Wildman–Crippen LogP) is 0.0751. The minimum Gasteiger partial charge on any atom is -0.480 e. The van der Waals surface area contributed by atoms with Crippen molar-refractivity contribution in [2.45, 2.75) is 31.8 Å². The maximum absolute atomic E-state index is 11.1. The Morgan fingerprint density at radius 1 is 1.59 bits per heavy atom. The van der Waals surface area contributed by atoms with Crippen LogP contribution in [-0.4, -0.2) is 73.2 Å². The van der Waals surface area contributed by atoms with E-state index < -0.39 is 12.0 Å². The minimum atomic E-state index is -0.748. The van der Waals surface area contributed by atoms with Gasteiger partial charge in [-0.3, -0.25) is 9.69 Å². The fourth-order valence-electron chi connectivity index (χ4n) is 2.47. The van der Waals surface area contributed by atoms with Crippen molar-refractivity contribution in [1.82, 2.24) is 15.1 Å². The quantitative estimate of drug-likeness (QED) is 0.663. The van der Waals surface area contributed by atoms with Gasteiger partial charge in [-0.15, -0.1) is 0 Å². The molecule has 2 atom stereocenters. The van der Waals surface area contributed by atoms with Crippen molar-refractivity contribution >= 4 is 5.97 Å². The lowest BCUT2D eigenvalue weighted by molar-refractivity contribution is -0.140. The second kappa shape index (κ2) is 6.93. The van der Waals surface area contributed by atoms with E-state index in [1.165, 1.54) is 12.8 Å². The summed E-state index contributed by atoms with van der Waals surface area (Å²) in [5.41, 5.74) is 0. The Morgan fingerprint density at radius 3 is 2.82 bits per heavy atom. The third-order valence-corrected chi connectivity index (χ3v) is 3.24. The molecule has 2 unspecified atom stereocenters. The summed E-state index contributed by atoms with van der Waals surface area (Å²) >= 11 is 0. The lowest BCUT2D eigenvalue weighted by Gasteiger charge is -2.29. The number of likely N-dealkylation sites (N-methyl/N-ethyl adjacent to an activating group) is 2. The number of aliphatic carboxylic acids is 1. The van der Waals surface area contributed by atoms with E-state index in [4.69, 9.17) is 5.11 Å². The molecule has 0 aromatic heterocycles. The molecule has 0 aromatic carbocycles. The number of carboxylic acid groups (broad SMARTS) is 1. The van der Waals surface area contributed by atoms with Crippen LogP contribution >= 0.6 is 0 Å². The van der Waals surface area contributed by atoms with Crippen LogP contribution in [0, 0.1) is 0 Å². The van der Waals surface area contributed by atoms with Gasteiger partial charge in [-0.05, 0) is 40.0 Å². The van der Waals surface area contributed by atoms with Gasteiger partial charge in [0.15, 0.2) is 0 Å². The normalized spacial score (nSPS) is 23.2. The molecule has 0 amide bonds. The number of rotatable bonds is 7. The summed E-state index contributed by atoms with van der Waals surface area (Å²) in [4.78, 5) is 15.6. The Kier molecular flexibility index (Phi) is 5.88. The van der Waals surface area contributed by atoms with Crippen LogP contribution in [0.1, 0.15) is 19.8 Å². The number of nitrogens with one attached hydrogen (secondary N) is 1. The third-order valence-electron chi connectivity index (χ3n) is 3.24. The van der Waals surface area contributed by atoms with Gasteiger partial charge >= 0.3 is 5.97 Å². The monoisotopic (exact) mass is 243 g/mol. The van der Waals surface area contributed by atoms with Gasteiger partial charge < -0.3 is 15.3 Å². The molecule has 1 saturated heterocycles. The zero-order chi connectivity index (χ0) is 12.8. The van der Waals surface area contributed by atoms with Crippen molar-refractivity contribution in [3.63, 3.8) is 0 Å². The fourth-order valence-corrected chi connectivity index (χ4v) is 2.47. The lowest BCUT2D eigenvalue weighted by atomic mass is 10.2. The van der Waals surface area contributed by atoms with E-state index in [-0.39, 0.29) is 0 Å². The zero-order valence-electron chi connectivity index (χ0n) is 11.1. The Balaban J connectivity index is 2.49. The van der Waals surface area contributed by atoms with E-state index in [2.05, 4.69) is 29.2 Å². The highest BCUT2D eigenvalue weighted by Crippen LogP contribution is 2.17. The molecule has 0 aromatic rings.